The van der Waals surface area contributed by atoms with Crippen LogP contribution in [0.1, 0.15) is 11.3 Å². The summed E-state index contributed by atoms with van der Waals surface area (Å²) in [5.74, 6) is 0.877. The van der Waals surface area contributed by atoms with E-state index in [0.717, 1.165) is 31.1 Å². The van der Waals surface area contributed by atoms with Crippen LogP contribution in [-0.2, 0) is 17.8 Å². The predicted molar refractivity (Wildman–Crippen MR) is 77.9 cm³/mol. The second-order valence-corrected chi connectivity index (χ2v) is 4.55. The SMILES string of the molecule is COCCNCc1cn(Cc2ccc(OC)cc2)cn1. The summed E-state index contributed by atoms with van der Waals surface area (Å²) in [6.07, 6.45) is 3.92. The number of benzene rings is 1. The number of imidazole rings is 1. The molecule has 0 saturated carbocycles. The maximum absolute atomic E-state index is 5.15. The van der Waals surface area contributed by atoms with Crippen molar-refractivity contribution in [2.45, 2.75) is 13.1 Å². The number of rotatable bonds is 8. The Labute approximate surface area is 119 Å². The van der Waals surface area contributed by atoms with Crippen LogP contribution in [-0.4, -0.2) is 36.9 Å². The van der Waals surface area contributed by atoms with Gasteiger partial charge in [0.15, 0.2) is 0 Å². The minimum Gasteiger partial charge on any atom is -0.497 e. The van der Waals surface area contributed by atoms with Gasteiger partial charge in [0.2, 0.25) is 0 Å². The van der Waals surface area contributed by atoms with E-state index in [4.69, 9.17) is 9.47 Å². The first kappa shape index (κ1) is 14.6. The summed E-state index contributed by atoms with van der Waals surface area (Å²) in [5, 5.41) is 3.28. The van der Waals surface area contributed by atoms with Crippen LogP contribution in [0.4, 0.5) is 0 Å². The van der Waals surface area contributed by atoms with Crippen molar-refractivity contribution in [1.29, 1.82) is 0 Å². The van der Waals surface area contributed by atoms with E-state index in [0.29, 0.717) is 6.61 Å². The van der Waals surface area contributed by atoms with Gasteiger partial charge in [-0.1, -0.05) is 12.1 Å². The fourth-order valence-corrected chi connectivity index (χ4v) is 1.92. The van der Waals surface area contributed by atoms with Gasteiger partial charge in [-0.05, 0) is 17.7 Å². The number of hydrogen-bond donors (Lipinski definition) is 1. The van der Waals surface area contributed by atoms with Gasteiger partial charge in [0.1, 0.15) is 5.75 Å². The van der Waals surface area contributed by atoms with Gasteiger partial charge >= 0.3 is 0 Å². The zero-order valence-electron chi connectivity index (χ0n) is 12.0. The number of ether oxygens (including phenoxy) is 2. The highest BCUT2D eigenvalue weighted by Crippen LogP contribution is 2.12. The number of nitrogens with one attached hydrogen (secondary N) is 1. The first-order chi connectivity index (χ1) is 9.81. The lowest BCUT2D eigenvalue weighted by Gasteiger charge is -2.04. The summed E-state index contributed by atoms with van der Waals surface area (Å²) in [6, 6.07) is 8.07. The van der Waals surface area contributed by atoms with Gasteiger partial charge in [0.25, 0.3) is 0 Å². The molecule has 0 aliphatic heterocycles. The third-order valence-electron chi connectivity index (χ3n) is 3.00. The largest absolute Gasteiger partial charge is 0.497 e. The highest BCUT2D eigenvalue weighted by Gasteiger charge is 2.00. The zero-order chi connectivity index (χ0) is 14.2. The normalized spacial score (nSPS) is 10.7. The minimum absolute atomic E-state index is 0.715. The third-order valence-corrected chi connectivity index (χ3v) is 3.00. The highest BCUT2D eigenvalue weighted by molar-refractivity contribution is 5.27. The first-order valence-electron chi connectivity index (χ1n) is 6.65. The average Bonchev–Trinajstić information content (AvgIpc) is 2.92. The summed E-state index contributed by atoms with van der Waals surface area (Å²) in [7, 11) is 3.37. The first-order valence-corrected chi connectivity index (χ1v) is 6.65. The van der Waals surface area contributed by atoms with Crippen LogP contribution in [0.5, 0.6) is 5.75 Å². The van der Waals surface area contributed by atoms with Crippen molar-refractivity contribution in [3.8, 4) is 5.75 Å². The number of nitrogens with zero attached hydrogens (tertiary/aromatic N) is 2. The third kappa shape index (κ3) is 4.36. The van der Waals surface area contributed by atoms with Gasteiger partial charge in [0, 0.05) is 32.9 Å². The molecule has 0 fully saturated rings. The molecule has 1 aromatic carbocycles. The van der Waals surface area contributed by atoms with Gasteiger partial charge in [-0.3, -0.25) is 0 Å². The summed E-state index contributed by atoms with van der Waals surface area (Å²) in [6.45, 7) is 3.13. The molecule has 108 valence electrons. The Hall–Kier alpha value is -1.85. The molecule has 2 rings (SSSR count). The van der Waals surface area contributed by atoms with Gasteiger partial charge in [-0.25, -0.2) is 4.98 Å². The molecule has 20 heavy (non-hydrogen) atoms. The van der Waals surface area contributed by atoms with Crippen LogP contribution in [0.2, 0.25) is 0 Å². The summed E-state index contributed by atoms with van der Waals surface area (Å²) in [4.78, 5) is 4.38. The fraction of sp³-hybridized carbons (Fsp3) is 0.400. The van der Waals surface area contributed by atoms with E-state index >= 15 is 0 Å². The monoisotopic (exact) mass is 275 g/mol. The maximum atomic E-state index is 5.15. The van der Waals surface area contributed by atoms with Gasteiger partial charge in [-0.15, -0.1) is 0 Å². The van der Waals surface area contributed by atoms with E-state index in [2.05, 4.69) is 33.2 Å². The van der Waals surface area contributed by atoms with Crippen molar-refractivity contribution in [2.75, 3.05) is 27.4 Å². The van der Waals surface area contributed by atoms with Crippen molar-refractivity contribution in [1.82, 2.24) is 14.9 Å². The molecule has 5 heteroatoms. The van der Waals surface area contributed by atoms with Crippen molar-refractivity contribution in [2.24, 2.45) is 0 Å². The molecule has 0 saturated heterocycles. The van der Waals surface area contributed by atoms with Gasteiger partial charge in [-0.2, -0.15) is 0 Å². The Morgan fingerprint density at radius 2 is 2.00 bits per heavy atom. The molecule has 1 N–H and O–H groups in total. The Morgan fingerprint density at radius 1 is 1.20 bits per heavy atom. The van der Waals surface area contributed by atoms with E-state index in [1.54, 1.807) is 14.2 Å². The lowest BCUT2D eigenvalue weighted by molar-refractivity contribution is 0.199. The van der Waals surface area contributed by atoms with Crippen molar-refractivity contribution < 1.29 is 9.47 Å². The molecule has 0 unspecified atom stereocenters. The molecular weight excluding hydrogens is 254 g/mol. The van der Waals surface area contributed by atoms with E-state index in [-0.39, 0.29) is 0 Å². The van der Waals surface area contributed by atoms with Crippen LogP contribution in [0.3, 0.4) is 0 Å². The molecule has 5 nitrogen and oxygen atoms in total. The molecule has 0 amide bonds. The molecule has 1 heterocycles. The van der Waals surface area contributed by atoms with Crippen molar-refractivity contribution >= 4 is 0 Å². The molecule has 0 bridgehead atoms. The number of hydrogen-bond acceptors (Lipinski definition) is 4. The zero-order valence-corrected chi connectivity index (χ0v) is 12.0. The van der Waals surface area contributed by atoms with E-state index in [1.165, 1.54) is 5.56 Å². The highest BCUT2D eigenvalue weighted by atomic mass is 16.5. The average molecular weight is 275 g/mol. The van der Waals surface area contributed by atoms with Crippen LogP contribution < -0.4 is 10.1 Å². The van der Waals surface area contributed by atoms with Crippen molar-refractivity contribution in [3.05, 3.63) is 48.0 Å². The second kappa shape index (κ2) is 7.67. The van der Waals surface area contributed by atoms with E-state index in [9.17, 15) is 0 Å². The lowest BCUT2D eigenvalue weighted by atomic mass is 10.2. The Kier molecular flexibility index (Phi) is 5.58. The summed E-state index contributed by atoms with van der Waals surface area (Å²) >= 11 is 0. The van der Waals surface area contributed by atoms with Crippen LogP contribution in [0.15, 0.2) is 36.8 Å². The minimum atomic E-state index is 0.715. The molecule has 0 spiro atoms. The molecular formula is C15H21N3O2. The molecule has 2 aromatic rings. The summed E-state index contributed by atoms with van der Waals surface area (Å²) in [5.41, 5.74) is 2.26. The maximum Gasteiger partial charge on any atom is 0.118 e. The lowest BCUT2D eigenvalue weighted by Crippen LogP contribution is -2.18. The fourth-order valence-electron chi connectivity index (χ4n) is 1.92. The molecule has 1 aromatic heterocycles. The van der Waals surface area contributed by atoms with Gasteiger partial charge < -0.3 is 19.4 Å². The van der Waals surface area contributed by atoms with E-state index in [1.807, 2.05) is 18.5 Å². The molecule has 0 aliphatic rings. The van der Waals surface area contributed by atoms with Crippen LogP contribution in [0.25, 0.3) is 0 Å². The number of methoxy groups -OCH3 is 2. The summed E-state index contributed by atoms with van der Waals surface area (Å²) < 4.78 is 12.2. The quantitative estimate of drug-likeness (QED) is 0.745. The second-order valence-electron chi connectivity index (χ2n) is 4.55. The number of aromatic nitrogens is 2. The van der Waals surface area contributed by atoms with E-state index < -0.39 is 0 Å². The smallest absolute Gasteiger partial charge is 0.118 e. The Balaban J connectivity index is 1.85. The molecule has 0 atom stereocenters. The van der Waals surface area contributed by atoms with Crippen LogP contribution in [0, 0.1) is 0 Å². The van der Waals surface area contributed by atoms with Crippen molar-refractivity contribution in [3.63, 3.8) is 0 Å². The van der Waals surface area contributed by atoms with Gasteiger partial charge in [0.05, 0.1) is 25.7 Å². The van der Waals surface area contributed by atoms with Crippen LogP contribution >= 0.6 is 0 Å². The Morgan fingerprint density at radius 3 is 2.70 bits per heavy atom. The molecule has 0 radical (unpaired) electrons. The Bertz CT molecular complexity index is 508. The topological polar surface area (TPSA) is 48.3 Å². The molecule has 0 aliphatic carbocycles. The standard InChI is InChI=1S/C15H21N3O2/c1-19-8-7-16-9-14-11-18(12-17-14)10-13-3-5-15(20-2)6-4-13/h3-6,11-12,16H,7-10H2,1-2H3. The predicted octanol–water partition coefficient (Wildman–Crippen LogP) is 1.68.